The standard InChI is InChI=1S/C24H28F3N7O3/c1-33(2)24(35)37-16-5-3-14(4-6-16)29-22-28-11-19-21(32-22)34(15-7-8-36-12-15)23(30-19)31-20-17(26)9-13(25)10-18(20)27/h9-11,14-16H,3-8,12H2,1-2H3,(H,30,31)(H,28,29,32)/t14?,15-,16?/m0/s1. The minimum Gasteiger partial charge on any atom is -0.446 e. The molecule has 5 rings (SSSR count). The zero-order valence-corrected chi connectivity index (χ0v) is 20.5. The molecule has 0 radical (unpaired) electrons. The molecule has 0 spiro atoms. The highest BCUT2D eigenvalue weighted by atomic mass is 19.1. The summed E-state index contributed by atoms with van der Waals surface area (Å²) >= 11 is 0. The first-order valence-electron chi connectivity index (χ1n) is 12.2. The van der Waals surface area contributed by atoms with Gasteiger partial charge in [-0.05, 0) is 32.1 Å². The average Bonchev–Trinajstić information content (AvgIpc) is 3.49. The predicted octanol–water partition coefficient (Wildman–Crippen LogP) is 4.37. The van der Waals surface area contributed by atoms with Crippen LogP contribution in [0, 0.1) is 17.5 Å². The van der Waals surface area contributed by atoms with Crippen molar-refractivity contribution in [3.63, 3.8) is 0 Å². The topological polar surface area (TPSA) is 106 Å². The number of carbonyl (C=O) groups is 1. The first-order chi connectivity index (χ1) is 17.8. The van der Waals surface area contributed by atoms with Crippen LogP contribution in [0.25, 0.3) is 11.2 Å². The van der Waals surface area contributed by atoms with Crippen LogP contribution in [0.1, 0.15) is 38.1 Å². The van der Waals surface area contributed by atoms with Crippen molar-refractivity contribution >= 4 is 34.8 Å². The summed E-state index contributed by atoms with van der Waals surface area (Å²) in [6, 6.07) is 1.14. The van der Waals surface area contributed by atoms with E-state index in [1.807, 2.05) is 0 Å². The smallest absolute Gasteiger partial charge is 0.409 e. The SMILES string of the molecule is CN(C)C(=O)OC1CCC(Nc2ncc3nc(Nc4c(F)cc(F)cc4F)n([C@H]4CCOC4)c3n2)CC1. The minimum absolute atomic E-state index is 0.0953. The van der Waals surface area contributed by atoms with Crippen LogP contribution in [0.5, 0.6) is 0 Å². The normalized spacial score (nSPS) is 21.7. The molecular weight excluding hydrogens is 491 g/mol. The number of anilines is 3. The summed E-state index contributed by atoms with van der Waals surface area (Å²) in [4.78, 5) is 26.7. The van der Waals surface area contributed by atoms with E-state index in [9.17, 15) is 18.0 Å². The molecule has 1 saturated heterocycles. The van der Waals surface area contributed by atoms with Gasteiger partial charge in [-0.3, -0.25) is 4.57 Å². The van der Waals surface area contributed by atoms with Crippen molar-refractivity contribution in [2.24, 2.45) is 0 Å². The monoisotopic (exact) mass is 519 g/mol. The van der Waals surface area contributed by atoms with Crippen LogP contribution in [0.2, 0.25) is 0 Å². The molecule has 3 heterocycles. The number of amides is 1. The van der Waals surface area contributed by atoms with Crippen molar-refractivity contribution < 1.29 is 27.4 Å². The Hall–Kier alpha value is -3.61. The number of fused-ring (bicyclic) bond motifs is 1. The summed E-state index contributed by atoms with van der Waals surface area (Å²) in [5, 5.41) is 6.02. The van der Waals surface area contributed by atoms with Gasteiger partial charge >= 0.3 is 6.09 Å². The Kier molecular flexibility index (Phi) is 7.04. The number of halogens is 3. The van der Waals surface area contributed by atoms with E-state index in [1.165, 1.54) is 4.90 Å². The molecule has 1 aromatic carbocycles. The van der Waals surface area contributed by atoms with Gasteiger partial charge in [-0.15, -0.1) is 0 Å². The van der Waals surface area contributed by atoms with Crippen LogP contribution >= 0.6 is 0 Å². The molecule has 2 aromatic heterocycles. The van der Waals surface area contributed by atoms with Crippen molar-refractivity contribution in [1.82, 2.24) is 24.4 Å². The Balaban J connectivity index is 1.37. The van der Waals surface area contributed by atoms with Crippen LogP contribution in [0.15, 0.2) is 18.3 Å². The van der Waals surface area contributed by atoms with E-state index in [2.05, 4.69) is 25.6 Å². The van der Waals surface area contributed by atoms with Gasteiger partial charge in [-0.1, -0.05) is 0 Å². The van der Waals surface area contributed by atoms with Gasteiger partial charge in [0, 0.05) is 38.9 Å². The van der Waals surface area contributed by atoms with Crippen LogP contribution in [0.3, 0.4) is 0 Å². The number of rotatable bonds is 6. The van der Waals surface area contributed by atoms with Gasteiger partial charge < -0.3 is 25.0 Å². The molecule has 0 unspecified atom stereocenters. The number of hydrogen-bond donors (Lipinski definition) is 2. The summed E-state index contributed by atoms with van der Waals surface area (Å²) in [5.41, 5.74) is 0.407. The largest absolute Gasteiger partial charge is 0.446 e. The highest BCUT2D eigenvalue weighted by Crippen LogP contribution is 2.32. The number of nitrogens with one attached hydrogen (secondary N) is 2. The zero-order chi connectivity index (χ0) is 26.1. The maximum atomic E-state index is 14.4. The molecule has 10 nitrogen and oxygen atoms in total. The summed E-state index contributed by atoms with van der Waals surface area (Å²) in [7, 11) is 3.30. The van der Waals surface area contributed by atoms with E-state index in [0.717, 1.165) is 25.7 Å². The molecule has 1 saturated carbocycles. The van der Waals surface area contributed by atoms with Gasteiger partial charge in [0.2, 0.25) is 11.9 Å². The van der Waals surface area contributed by atoms with Gasteiger partial charge in [0.1, 0.15) is 23.1 Å². The molecule has 2 N–H and O–H groups in total. The van der Waals surface area contributed by atoms with E-state index in [-0.39, 0.29) is 30.2 Å². The Morgan fingerprint density at radius 2 is 1.84 bits per heavy atom. The molecule has 37 heavy (non-hydrogen) atoms. The Labute approximate surface area is 211 Å². The van der Waals surface area contributed by atoms with Crippen LogP contribution in [-0.2, 0) is 9.47 Å². The lowest BCUT2D eigenvalue weighted by atomic mass is 9.93. The maximum absolute atomic E-state index is 14.4. The maximum Gasteiger partial charge on any atom is 0.409 e. The van der Waals surface area contributed by atoms with Crippen molar-refractivity contribution in [1.29, 1.82) is 0 Å². The molecule has 1 aliphatic heterocycles. The van der Waals surface area contributed by atoms with E-state index in [0.29, 0.717) is 48.9 Å². The number of benzene rings is 1. The highest BCUT2D eigenvalue weighted by molar-refractivity contribution is 5.77. The molecule has 2 aliphatic rings. The summed E-state index contributed by atoms with van der Waals surface area (Å²) in [5.74, 6) is -2.60. The quantitative estimate of drug-likeness (QED) is 0.495. The van der Waals surface area contributed by atoms with Gasteiger partial charge in [0.25, 0.3) is 0 Å². The third-order valence-electron chi connectivity index (χ3n) is 6.59. The van der Waals surface area contributed by atoms with Crippen molar-refractivity contribution in [3.8, 4) is 0 Å². The number of imidazole rings is 1. The second kappa shape index (κ2) is 10.4. The number of ether oxygens (including phenoxy) is 2. The highest BCUT2D eigenvalue weighted by Gasteiger charge is 2.28. The molecule has 1 atom stereocenters. The van der Waals surface area contributed by atoms with Crippen LogP contribution < -0.4 is 10.6 Å². The van der Waals surface area contributed by atoms with Crippen LogP contribution in [-0.4, -0.2) is 70.0 Å². The van der Waals surface area contributed by atoms with Gasteiger partial charge in [0.05, 0.1) is 18.8 Å². The number of carbonyl (C=O) groups excluding carboxylic acids is 1. The number of nitrogens with zero attached hydrogens (tertiary/aromatic N) is 5. The lowest BCUT2D eigenvalue weighted by molar-refractivity contribution is 0.0541. The molecule has 2 fully saturated rings. The average molecular weight is 520 g/mol. The first-order valence-corrected chi connectivity index (χ1v) is 12.2. The summed E-state index contributed by atoms with van der Waals surface area (Å²) in [6.45, 7) is 0.915. The van der Waals surface area contributed by atoms with E-state index < -0.39 is 23.1 Å². The third kappa shape index (κ3) is 5.41. The zero-order valence-electron chi connectivity index (χ0n) is 20.5. The van der Waals surface area contributed by atoms with Crippen molar-refractivity contribution in [2.75, 3.05) is 37.9 Å². The lowest BCUT2D eigenvalue weighted by Crippen LogP contribution is -2.34. The van der Waals surface area contributed by atoms with Crippen molar-refractivity contribution in [2.45, 2.75) is 50.3 Å². The number of hydrogen-bond acceptors (Lipinski definition) is 8. The molecule has 1 aliphatic carbocycles. The van der Waals surface area contributed by atoms with Gasteiger partial charge in [-0.2, -0.15) is 4.98 Å². The van der Waals surface area contributed by atoms with E-state index in [1.54, 1.807) is 24.9 Å². The summed E-state index contributed by atoms with van der Waals surface area (Å²) < 4.78 is 54.8. The van der Waals surface area contributed by atoms with Crippen molar-refractivity contribution in [3.05, 3.63) is 35.8 Å². The summed E-state index contributed by atoms with van der Waals surface area (Å²) in [6.07, 6.45) is 4.73. The molecule has 13 heteroatoms. The first kappa shape index (κ1) is 25.1. The Bertz CT molecular complexity index is 1270. The van der Waals surface area contributed by atoms with Gasteiger partial charge in [-0.25, -0.2) is 27.9 Å². The Morgan fingerprint density at radius 3 is 2.49 bits per heavy atom. The molecular formula is C24H28F3N7O3. The predicted molar refractivity (Wildman–Crippen MR) is 129 cm³/mol. The fourth-order valence-corrected chi connectivity index (χ4v) is 4.65. The number of aromatic nitrogens is 4. The fraction of sp³-hybridized carbons (Fsp3) is 0.500. The minimum atomic E-state index is -1.07. The molecule has 198 valence electrons. The second-order valence-corrected chi connectivity index (χ2v) is 9.49. The van der Waals surface area contributed by atoms with Crippen LogP contribution in [0.4, 0.5) is 35.5 Å². The van der Waals surface area contributed by atoms with Gasteiger partial charge in [0.15, 0.2) is 17.3 Å². The third-order valence-corrected chi connectivity index (χ3v) is 6.59. The second-order valence-electron chi connectivity index (χ2n) is 9.49. The van der Waals surface area contributed by atoms with E-state index >= 15 is 0 Å². The Morgan fingerprint density at radius 1 is 1.11 bits per heavy atom. The molecule has 3 aromatic rings. The molecule has 0 bridgehead atoms. The fourth-order valence-electron chi connectivity index (χ4n) is 4.65. The van der Waals surface area contributed by atoms with E-state index in [4.69, 9.17) is 9.47 Å². The lowest BCUT2D eigenvalue weighted by Gasteiger charge is -2.29. The molecule has 1 amide bonds.